The predicted octanol–water partition coefficient (Wildman–Crippen LogP) is 3.34. The van der Waals surface area contributed by atoms with E-state index in [1.807, 2.05) is 30.3 Å². The highest BCUT2D eigenvalue weighted by Gasteiger charge is 2.23. The van der Waals surface area contributed by atoms with Gasteiger partial charge in [0.05, 0.1) is 10.9 Å². The van der Waals surface area contributed by atoms with Crippen LogP contribution in [0.2, 0.25) is 0 Å². The Kier molecular flexibility index (Phi) is 5.02. The molecule has 1 aliphatic rings. The number of anilines is 1. The van der Waals surface area contributed by atoms with Gasteiger partial charge in [-0.1, -0.05) is 30.3 Å². The number of aromatic nitrogens is 4. The van der Waals surface area contributed by atoms with E-state index in [-0.39, 0.29) is 17.3 Å². The monoisotopic (exact) mass is 468 g/mol. The second-order valence-corrected chi connectivity index (χ2v) is 8.49. The number of nitrogens with one attached hydrogen (secondary N) is 1. The lowest BCUT2D eigenvalue weighted by atomic mass is 10.1. The zero-order valence-corrected chi connectivity index (χ0v) is 18.7. The molecule has 1 aliphatic heterocycles. The number of halogens is 1. The highest BCUT2D eigenvalue weighted by atomic mass is 19.1. The highest BCUT2D eigenvalue weighted by Crippen LogP contribution is 2.23. The fourth-order valence-corrected chi connectivity index (χ4v) is 4.55. The number of carbonyl (C=O) groups is 1. The van der Waals surface area contributed by atoms with Crippen molar-refractivity contribution in [1.82, 2.24) is 24.7 Å². The lowest BCUT2D eigenvalue weighted by Crippen LogP contribution is -2.48. The fraction of sp³-hybridized carbons (Fsp3) is 0.154. The normalized spacial score (nSPS) is 14.1. The van der Waals surface area contributed by atoms with Crippen molar-refractivity contribution in [3.05, 3.63) is 94.5 Å². The van der Waals surface area contributed by atoms with Gasteiger partial charge in [-0.2, -0.15) is 10.1 Å². The van der Waals surface area contributed by atoms with Crippen molar-refractivity contribution in [2.24, 2.45) is 0 Å². The molecule has 0 bridgehead atoms. The van der Waals surface area contributed by atoms with Crippen LogP contribution in [0, 0.1) is 5.82 Å². The largest absolute Gasteiger partial charge is 0.368 e. The average molecular weight is 468 g/mol. The summed E-state index contributed by atoms with van der Waals surface area (Å²) in [6, 6.07) is 20.9. The van der Waals surface area contributed by atoms with Gasteiger partial charge >= 0.3 is 0 Å². The first kappa shape index (κ1) is 21.0. The zero-order chi connectivity index (χ0) is 23.9. The Hall–Kier alpha value is -4.53. The first-order chi connectivity index (χ1) is 17.1. The molecule has 0 spiro atoms. The zero-order valence-electron chi connectivity index (χ0n) is 18.7. The van der Waals surface area contributed by atoms with E-state index in [2.05, 4.69) is 20.2 Å². The van der Waals surface area contributed by atoms with Crippen LogP contribution in [0.3, 0.4) is 0 Å². The number of nitrogens with zero attached hydrogens (tertiary/aromatic N) is 5. The van der Waals surface area contributed by atoms with Crippen LogP contribution < -0.4 is 10.5 Å². The lowest BCUT2D eigenvalue weighted by Gasteiger charge is -2.36. The SMILES string of the molecule is O=C(c1ccc2c(=O)nc3c(-c4ccccc4)n[nH]n3c2c1)N1CCN(c2ccc(F)cc2)CC1. The van der Waals surface area contributed by atoms with E-state index in [4.69, 9.17) is 0 Å². The highest BCUT2D eigenvalue weighted by molar-refractivity contribution is 5.98. The van der Waals surface area contributed by atoms with E-state index in [0.29, 0.717) is 54.0 Å². The molecule has 3 aromatic carbocycles. The van der Waals surface area contributed by atoms with E-state index in [0.717, 1.165) is 11.3 Å². The topological polar surface area (TPSA) is 86.6 Å². The van der Waals surface area contributed by atoms with Crippen molar-refractivity contribution in [3.8, 4) is 11.3 Å². The minimum absolute atomic E-state index is 0.105. The number of hydrogen-bond donors (Lipinski definition) is 1. The number of hydrogen-bond acceptors (Lipinski definition) is 5. The Morgan fingerprint density at radius 2 is 1.66 bits per heavy atom. The quantitative estimate of drug-likeness (QED) is 0.439. The van der Waals surface area contributed by atoms with E-state index >= 15 is 0 Å². The standard InChI is InChI=1S/C26H21FN6O2/c27-19-7-9-20(10-8-19)31-12-14-32(15-13-31)26(35)18-6-11-21-22(16-18)33-24(28-25(21)34)23(29-30-33)17-4-2-1-3-5-17/h1-11,16,30H,12-15H2. The van der Waals surface area contributed by atoms with Crippen molar-refractivity contribution >= 4 is 28.1 Å². The Morgan fingerprint density at radius 1 is 0.914 bits per heavy atom. The predicted molar refractivity (Wildman–Crippen MR) is 131 cm³/mol. The molecule has 174 valence electrons. The van der Waals surface area contributed by atoms with Crippen molar-refractivity contribution in [1.29, 1.82) is 0 Å². The molecule has 1 amide bonds. The maximum atomic E-state index is 13.3. The molecule has 1 fully saturated rings. The van der Waals surface area contributed by atoms with Crippen molar-refractivity contribution in [2.45, 2.75) is 0 Å². The molecular formula is C26H21FN6O2. The molecule has 0 saturated carbocycles. The van der Waals surface area contributed by atoms with Crippen molar-refractivity contribution in [3.63, 3.8) is 0 Å². The molecule has 2 aromatic heterocycles. The smallest absolute Gasteiger partial charge is 0.281 e. The summed E-state index contributed by atoms with van der Waals surface area (Å²) in [5.74, 6) is -0.373. The van der Waals surface area contributed by atoms with Gasteiger partial charge in [0.2, 0.25) is 0 Å². The van der Waals surface area contributed by atoms with Gasteiger partial charge in [0.25, 0.3) is 11.5 Å². The molecule has 3 heterocycles. The number of carbonyl (C=O) groups excluding carboxylic acids is 1. The first-order valence-electron chi connectivity index (χ1n) is 11.3. The van der Waals surface area contributed by atoms with E-state index in [1.54, 1.807) is 39.7 Å². The van der Waals surface area contributed by atoms with Gasteiger partial charge in [-0.25, -0.2) is 14.1 Å². The van der Waals surface area contributed by atoms with Gasteiger partial charge in [-0.15, -0.1) is 0 Å². The molecular weight excluding hydrogens is 447 g/mol. The average Bonchev–Trinajstić information content (AvgIpc) is 3.33. The molecule has 1 saturated heterocycles. The second-order valence-electron chi connectivity index (χ2n) is 8.49. The Labute approximate surface area is 199 Å². The molecule has 9 heteroatoms. The van der Waals surface area contributed by atoms with Crippen LogP contribution in [0.15, 0.2) is 77.6 Å². The van der Waals surface area contributed by atoms with Crippen LogP contribution >= 0.6 is 0 Å². The van der Waals surface area contributed by atoms with Crippen molar-refractivity contribution in [2.75, 3.05) is 31.1 Å². The summed E-state index contributed by atoms with van der Waals surface area (Å²) in [4.78, 5) is 34.2. The minimum atomic E-state index is -0.370. The number of aromatic amines is 1. The number of H-pyrrole nitrogens is 1. The summed E-state index contributed by atoms with van der Waals surface area (Å²) in [6.07, 6.45) is 0. The summed E-state index contributed by atoms with van der Waals surface area (Å²) in [5, 5.41) is 7.72. The molecule has 0 radical (unpaired) electrons. The van der Waals surface area contributed by atoms with E-state index in [9.17, 15) is 14.0 Å². The van der Waals surface area contributed by atoms with Crippen LogP contribution in [0.25, 0.3) is 27.8 Å². The summed E-state index contributed by atoms with van der Waals surface area (Å²) < 4.78 is 14.9. The number of fused-ring (bicyclic) bond motifs is 3. The minimum Gasteiger partial charge on any atom is -0.368 e. The van der Waals surface area contributed by atoms with Gasteiger partial charge in [-0.3, -0.25) is 9.59 Å². The second kappa shape index (κ2) is 8.35. The Balaban J connectivity index is 1.30. The van der Waals surface area contributed by atoms with Crippen LogP contribution in [-0.2, 0) is 0 Å². The first-order valence-corrected chi connectivity index (χ1v) is 11.3. The molecule has 5 aromatic rings. The van der Waals surface area contributed by atoms with Gasteiger partial charge < -0.3 is 9.80 Å². The summed E-state index contributed by atoms with van der Waals surface area (Å²) >= 11 is 0. The molecule has 35 heavy (non-hydrogen) atoms. The molecule has 0 aliphatic carbocycles. The summed E-state index contributed by atoms with van der Waals surface area (Å²) in [6.45, 7) is 2.39. The third kappa shape index (κ3) is 3.71. The van der Waals surface area contributed by atoms with Gasteiger partial charge in [0, 0.05) is 43.0 Å². The van der Waals surface area contributed by atoms with E-state index < -0.39 is 0 Å². The van der Waals surface area contributed by atoms with Gasteiger partial charge in [-0.05, 0) is 42.5 Å². The molecule has 8 nitrogen and oxygen atoms in total. The fourth-order valence-electron chi connectivity index (χ4n) is 4.55. The van der Waals surface area contributed by atoms with E-state index in [1.165, 1.54) is 12.1 Å². The van der Waals surface area contributed by atoms with Crippen LogP contribution in [0.5, 0.6) is 0 Å². The lowest BCUT2D eigenvalue weighted by molar-refractivity contribution is 0.0747. The number of benzene rings is 3. The van der Waals surface area contributed by atoms with Crippen LogP contribution in [0.1, 0.15) is 10.4 Å². The summed E-state index contributed by atoms with van der Waals surface area (Å²) in [5.41, 5.74) is 3.42. The third-order valence-electron chi connectivity index (χ3n) is 6.41. The molecule has 6 rings (SSSR count). The van der Waals surface area contributed by atoms with Crippen molar-refractivity contribution < 1.29 is 9.18 Å². The molecule has 0 unspecified atom stereocenters. The third-order valence-corrected chi connectivity index (χ3v) is 6.41. The Morgan fingerprint density at radius 3 is 2.40 bits per heavy atom. The maximum absolute atomic E-state index is 13.3. The van der Waals surface area contributed by atoms with Crippen LogP contribution in [-0.4, -0.2) is 56.8 Å². The molecule has 0 atom stereocenters. The molecule has 1 N–H and O–H groups in total. The number of piperazine rings is 1. The number of amides is 1. The number of rotatable bonds is 3. The van der Waals surface area contributed by atoms with Gasteiger partial charge in [0.1, 0.15) is 11.5 Å². The summed E-state index contributed by atoms with van der Waals surface area (Å²) in [7, 11) is 0. The Bertz CT molecular complexity index is 1600. The van der Waals surface area contributed by atoms with Gasteiger partial charge in [0.15, 0.2) is 5.65 Å². The maximum Gasteiger partial charge on any atom is 0.281 e. The van der Waals surface area contributed by atoms with Crippen LogP contribution in [0.4, 0.5) is 10.1 Å².